The van der Waals surface area contributed by atoms with Crippen LogP contribution in [0.4, 0.5) is 8.78 Å². The van der Waals surface area contributed by atoms with Crippen LogP contribution in [0.15, 0.2) is 54.9 Å². The van der Waals surface area contributed by atoms with E-state index in [-0.39, 0.29) is 22.6 Å². The molecule has 7 nitrogen and oxygen atoms in total. The first-order valence-corrected chi connectivity index (χ1v) is 11.2. The molecule has 0 fully saturated rings. The minimum atomic E-state index is -3.14. The van der Waals surface area contributed by atoms with Gasteiger partial charge in [0.05, 0.1) is 11.4 Å². The molecule has 5 rings (SSSR count). The normalized spacial score (nSPS) is 15.3. The van der Waals surface area contributed by atoms with Gasteiger partial charge in [-0.25, -0.2) is 4.98 Å². The van der Waals surface area contributed by atoms with Crippen molar-refractivity contribution in [1.82, 2.24) is 30.2 Å². The van der Waals surface area contributed by atoms with Gasteiger partial charge in [0.25, 0.3) is 5.66 Å². The Balaban J connectivity index is 1.55. The SMILES string of the molecule is CC1(C)CC(=O)c2ccc(-c3nnn(-c4cc(-c5cccnc5)cc(C(F)(F)P)c4)n3)nc2C1. The summed E-state index contributed by atoms with van der Waals surface area (Å²) in [5.74, 6) is 0.310. The molecule has 0 saturated heterocycles. The van der Waals surface area contributed by atoms with Gasteiger partial charge in [0, 0.05) is 35.5 Å². The Labute approximate surface area is 196 Å². The number of hydrogen-bond donors (Lipinski definition) is 0. The van der Waals surface area contributed by atoms with Crippen LogP contribution in [0.2, 0.25) is 0 Å². The Bertz CT molecular complexity index is 1400. The van der Waals surface area contributed by atoms with Crippen molar-refractivity contribution in [2.24, 2.45) is 5.41 Å². The van der Waals surface area contributed by atoms with Crippen LogP contribution in [0, 0.1) is 5.41 Å². The fourth-order valence-corrected chi connectivity index (χ4v) is 4.27. The molecule has 1 aromatic carbocycles. The van der Waals surface area contributed by atoms with E-state index in [0.29, 0.717) is 46.6 Å². The van der Waals surface area contributed by atoms with Crippen molar-refractivity contribution in [3.63, 3.8) is 0 Å². The van der Waals surface area contributed by atoms with Crippen molar-refractivity contribution in [1.29, 1.82) is 0 Å². The number of hydrogen-bond acceptors (Lipinski definition) is 6. The first-order valence-electron chi connectivity index (χ1n) is 10.7. The van der Waals surface area contributed by atoms with Crippen molar-refractivity contribution < 1.29 is 13.6 Å². The van der Waals surface area contributed by atoms with Gasteiger partial charge in [0.15, 0.2) is 5.78 Å². The number of benzene rings is 1. The van der Waals surface area contributed by atoms with Crippen LogP contribution in [0.3, 0.4) is 0 Å². The van der Waals surface area contributed by atoms with Crippen LogP contribution in [0.25, 0.3) is 28.3 Å². The highest BCUT2D eigenvalue weighted by Gasteiger charge is 2.32. The van der Waals surface area contributed by atoms with Crippen LogP contribution in [-0.2, 0) is 12.1 Å². The van der Waals surface area contributed by atoms with Gasteiger partial charge in [-0.05, 0) is 59.0 Å². The van der Waals surface area contributed by atoms with Crippen molar-refractivity contribution in [2.75, 3.05) is 0 Å². The van der Waals surface area contributed by atoms with E-state index in [0.717, 1.165) is 0 Å². The minimum Gasteiger partial charge on any atom is -0.294 e. The summed E-state index contributed by atoms with van der Waals surface area (Å²) in [4.78, 5) is 22.3. The maximum atomic E-state index is 14.2. The number of pyridine rings is 2. The lowest BCUT2D eigenvalue weighted by Crippen LogP contribution is -2.27. The molecule has 172 valence electrons. The molecule has 1 aliphatic rings. The molecular formula is C24H21F2N6OP. The number of aromatic nitrogens is 6. The van der Waals surface area contributed by atoms with Crippen LogP contribution in [-0.4, -0.2) is 36.0 Å². The van der Waals surface area contributed by atoms with E-state index in [1.807, 2.05) is 13.8 Å². The number of carbonyl (C=O) groups excluding carboxylic acids is 1. The second-order valence-electron chi connectivity index (χ2n) is 9.17. The van der Waals surface area contributed by atoms with Crippen LogP contribution < -0.4 is 0 Å². The van der Waals surface area contributed by atoms with E-state index in [1.165, 1.54) is 16.9 Å². The van der Waals surface area contributed by atoms with Crippen LogP contribution in [0.5, 0.6) is 0 Å². The fourth-order valence-electron chi connectivity index (χ4n) is 4.11. The molecule has 4 aromatic rings. The van der Waals surface area contributed by atoms with Crippen LogP contribution >= 0.6 is 9.24 Å². The molecule has 0 N–H and O–H groups in total. The number of carbonyl (C=O) groups is 1. The number of tetrazole rings is 1. The molecule has 0 spiro atoms. The molecule has 0 radical (unpaired) electrons. The highest BCUT2D eigenvalue weighted by molar-refractivity contribution is 7.17. The minimum absolute atomic E-state index is 0.0695. The van der Waals surface area contributed by atoms with E-state index >= 15 is 0 Å². The van der Waals surface area contributed by atoms with E-state index in [4.69, 9.17) is 0 Å². The van der Waals surface area contributed by atoms with Crippen molar-refractivity contribution in [2.45, 2.75) is 32.4 Å². The number of Topliss-reactive ketones (excluding diaryl/α,β-unsaturated/α-hetero) is 1. The molecule has 1 unspecified atom stereocenters. The molecule has 0 saturated carbocycles. The Morgan fingerprint density at radius 3 is 2.65 bits per heavy atom. The lowest BCUT2D eigenvalue weighted by molar-refractivity contribution is 0.0910. The molecule has 1 atom stereocenters. The smallest absolute Gasteiger partial charge is 0.283 e. The van der Waals surface area contributed by atoms with Gasteiger partial charge in [-0.3, -0.25) is 9.78 Å². The molecule has 0 amide bonds. The average molecular weight is 478 g/mol. The summed E-state index contributed by atoms with van der Waals surface area (Å²) in [6.45, 7) is 4.07. The van der Waals surface area contributed by atoms with Gasteiger partial charge < -0.3 is 0 Å². The quantitative estimate of drug-likeness (QED) is 0.389. The Morgan fingerprint density at radius 2 is 1.91 bits per heavy atom. The van der Waals surface area contributed by atoms with Gasteiger partial charge in [-0.1, -0.05) is 29.2 Å². The molecule has 3 aromatic heterocycles. The Hall–Kier alpha value is -3.45. The van der Waals surface area contributed by atoms with Crippen molar-refractivity contribution in [3.8, 4) is 28.3 Å². The number of rotatable bonds is 4. The average Bonchev–Trinajstić information content (AvgIpc) is 3.28. The lowest BCUT2D eigenvalue weighted by Gasteiger charge is -2.29. The fraction of sp³-hybridized carbons (Fsp3) is 0.250. The summed E-state index contributed by atoms with van der Waals surface area (Å²) in [6.07, 6.45) is 4.36. The maximum Gasteiger partial charge on any atom is 0.283 e. The van der Waals surface area contributed by atoms with Crippen molar-refractivity contribution in [3.05, 3.63) is 71.7 Å². The third kappa shape index (κ3) is 4.35. The summed E-state index contributed by atoms with van der Waals surface area (Å²) in [5, 5.41) is 12.6. The number of nitrogens with zero attached hydrogens (tertiary/aromatic N) is 6. The van der Waals surface area contributed by atoms with Gasteiger partial charge in [-0.2, -0.15) is 8.78 Å². The standard InChI is InChI=1S/C24H21F2N6OP/c1-23(2)11-20-18(21(33)12-23)5-6-19(28-20)22-29-31-32(30-22)17-9-15(14-4-3-7-27-13-14)8-16(10-17)24(25,26)34/h3-10,13H,11-12,34H2,1-2H3. The third-order valence-corrected chi connectivity index (χ3v) is 6.06. The van der Waals surface area contributed by atoms with E-state index in [9.17, 15) is 13.6 Å². The number of ketones is 1. The van der Waals surface area contributed by atoms with E-state index in [2.05, 4.69) is 25.4 Å². The molecular weight excluding hydrogens is 457 g/mol. The highest BCUT2D eigenvalue weighted by Crippen LogP contribution is 2.38. The second-order valence-corrected chi connectivity index (χ2v) is 9.89. The molecule has 0 bridgehead atoms. The lowest BCUT2D eigenvalue weighted by atomic mass is 9.75. The van der Waals surface area contributed by atoms with Crippen LogP contribution in [0.1, 0.15) is 41.9 Å². The third-order valence-electron chi connectivity index (χ3n) is 5.73. The van der Waals surface area contributed by atoms with Crippen molar-refractivity contribution >= 4 is 15.0 Å². The second kappa shape index (κ2) is 8.09. The maximum absolute atomic E-state index is 14.2. The van der Waals surface area contributed by atoms with Gasteiger partial charge in [0.1, 0.15) is 5.69 Å². The van der Waals surface area contributed by atoms with Gasteiger partial charge >= 0.3 is 0 Å². The topological polar surface area (TPSA) is 86.5 Å². The molecule has 1 aliphatic carbocycles. The predicted molar refractivity (Wildman–Crippen MR) is 126 cm³/mol. The van der Waals surface area contributed by atoms with Gasteiger partial charge in [0.2, 0.25) is 5.82 Å². The summed E-state index contributed by atoms with van der Waals surface area (Å²) >= 11 is 0. The first-order chi connectivity index (χ1) is 16.1. The number of halogens is 2. The number of fused-ring (bicyclic) bond motifs is 1. The highest BCUT2D eigenvalue weighted by atomic mass is 31.0. The summed E-state index contributed by atoms with van der Waals surface area (Å²) in [7, 11) is 1.55. The zero-order valence-electron chi connectivity index (χ0n) is 18.5. The first kappa shape index (κ1) is 22.3. The monoisotopic (exact) mass is 478 g/mol. The molecule has 10 heteroatoms. The summed E-state index contributed by atoms with van der Waals surface area (Å²) in [6, 6.07) is 11.4. The summed E-state index contributed by atoms with van der Waals surface area (Å²) < 4.78 is 28.4. The molecule has 34 heavy (non-hydrogen) atoms. The Morgan fingerprint density at radius 1 is 1.09 bits per heavy atom. The largest absolute Gasteiger partial charge is 0.294 e. The van der Waals surface area contributed by atoms with Gasteiger partial charge in [-0.15, -0.1) is 15.0 Å². The van der Waals surface area contributed by atoms with E-state index in [1.54, 1.807) is 52.0 Å². The molecule has 0 aliphatic heterocycles. The predicted octanol–water partition coefficient (Wildman–Crippen LogP) is 4.87. The van der Waals surface area contributed by atoms with E-state index < -0.39 is 5.66 Å². The zero-order chi connectivity index (χ0) is 24.1. The zero-order valence-corrected chi connectivity index (χ0v) is 19.7. The molecule has 3 heterocycles. The number of alkyl halides is 2. The Kier molecular flexibility index (Phi) is 5.32. The summed E-state index contributed by atoms with van der Waals surface area (Å²) in [5.41, 5.74) is -0.172.